The monoisotopic (exact) mass is 375 g/mol. The number of anilines is 3. The van der Waals surface area contributed by atoms with Crippen LogP contribution >= 0.6 is 0 Å². The lowest BCUT2D eigenvalue weighted by atomic mass is 10.1. The molecule has 5 aromatic rings. The third-order valence-electron chi connectivity index (χ3n) is 4.72. The number of aromatic nitrogens is 2. The zero-order valence-corrected chi connectivity index (χ0v) is 15.0. The summed E-state index contributed by atoms with van der Waals surface area (Å²) in [5.41, 5.74) is 15.2. The summed E-state index contributed by atoms with van der Waals surface area (Å²) in [6.45, 7) is 0.437. The average Bonchev–Trinajstić information content (AvgIpc) is 3.26. The topological polar surface area (TPSA) is 125 Å². The van der Waals surface area contributed by atoms with E-state index in [1.165, 1.54) is 0 Å². The van der Waals surface area contributed by atoms with Crippen LogP contribution in [0.2, 0.25) is 0 Å². The van der Waals surface area contributed by atoms with Gasteiger partial charge in [0, 0.05) is 28.9 Å². The van der Waals surface area contributed by atoms with Crippen LogP contribution in [0.3, 0.4) is 0 Å². The number of nitrogens with one attached hydrogen (secondary N) is 1. The van der Waals surface area contributed by atoms with Gasteiger partial charge in [0.2, 0.25) is 11.7 Å². The Kier molecular flexibility index (Phi) is 3.51. The van der Waals surface area contributed by atoms with Gasteiger partial charge in [-0.3, -0.25) is 0 Å². The van der Waals surface area contributed by atoms with Crippen LogP contribution in [0, 0.1) is 0 Å². The van der Waals surface area contributed by atoms with Crippen molar-refractivity contribution in [2.24, 2.45) is 0 Å². The zero-order valence-electron chi connectivity index (χ0n) is 15.0. The molecule has 8 nitrogen and oxygen atoms in total. The van der Waals surface area contributed by atoms with Crippen molar-refractivity contribution in [1.82, 2.24) is 9.97 Å². The smallest absolute Gasteiger partial charge is 0.233 e. The molecule has 0 aliphatic carbocycles. The molecule has 8 heteroatoms. The molecule has 140 valence electrons. The van der Waals surface area contributed by atoms with E-state index in [-0.39, 0.29) is 11.8 Å². The molecule has 0 saturated heterocycles. The molecule has 0 saturated carbocycles. The number of nitrogens with zero attached hydrogens (tertiary/aromatic N) is 2. The molecule has 0 amide bonds. The minimum Gasteiger partial charge on any atom is -0.495 e. The number of furan rings is 2. The highest BCUT2D eigenvalue weighted by molar-refractivity contribution is 6.06. The molecule has 0 radical (unpaired) electrons. The second-order valence-electron chi connectivity index (χ2n) is 6.41. The summed E-state index contributed by atoms with van der Waals surface area (Å²) in [5, 5.41) is 6.04. The highest BCUT2D eigenvalue weighted by Gasteiger charge is 2.15. The van der Waals surface area contributed by atoms with Crippen LogP contribution in [0.15, 0.2) is 51.5 Å². The molecule has 0 atom stereocenters. The van der Waals surface area contributed by atoms with Crippen molar-refractivity contribution in [3.63, 3.8) is 0 Å². The molecule has 2 aromatic carbocycles. The van der Waals surface area contributed by atoms with Gasteiger partial charge in [-0.1, -0.05) is 18.2 Å². The van der Waals surface area contributed by atoms with Crippen molar-refractivity contribution in [3.8, 4) is 5.75 Å². The fourth-order valence-corrected chi connectivity index (χ4v) is 3.43. The van der Waals surface area contributed by atoms with E-state index in [0.29, 0.717) is 23.4 Å². The molecular formula is C20H17N5O3. The van der Waals surface area contributed by atoms with E-state index in [4.69, 9.17) is 25.0 Å². The Bertz CT molecular complexity index is 1340. The minimum atomic E-state index is 0.0795. The first-order valence-corrected chi connectivity index (χ1v) is 8.66. The number of fused-ring (bicyclic) bond motifs is 4. The van der Waals surface area contributed by atoms with Gasteiger partial charge in [0.1, 0.15) is 22.7 Å². The lowest BCUT2D eigenvalue weighted by Crippen LogP contribution is -2.03. The molecule has 0 aliphatic heterocycles. The Morgan fingerprint density at radius 1 is 1.07 bits per heavy atom. The molecule has 0 spiro atoms. The number of benzene rings is 2. The standard InChI is InChI=1S/C20H17N5O3/c1-26-16-6-12-11-4-2-3-5-14(11)28-15(12)7-13(16)23-8-10-9-27-19-17(10)18(21)24-20(22)25-19/h2-7,9,23H,8H2,1H3,(H4,21,22,24,25). The molecule has 0 fully saturated rings. The maximum absolute atomic E-state index is 5.99. The molecule has 0 unspecified atom stereocenters. The second-order valence-corrected chi connectivity index (χ2v) is 6.41. The first kappa shape index (κ1) is 16.2. The van der Waals surface area contributed by atoms with Crippen molar-refractivity contribution >= 4 is 50.5 Å². The van der Waals surface area contributed by atoms with Crippen molar-refractivity contribution in [2.75, 3.05) is 23.9 Å². The normalized spacial score (nSPS) is 11.5. The van der Waals surface area contributed by atoms with Gasteiger partial charge in [-0.25, -0.2) is 0 Å². The Balaban J connectivity index is 1.54. The van der Waals surface area contributed by atoms with Gasteiger partial charge < -0.3 is 30.4 Å². The van der Waals surface area contributed by atoms with Crippen LogP contribution in [0.5, 0.6) is 5.75 Å². The fraction of sp³-hybridized carbons (Fsp3) is 0.100. The summed E-state index contributed by atoms with van der Waals surface area (Å²) in [4.78, 5) is 8.07. The lowest BCUT2D eigenvalue weighted by Gasteiger charge is -2.11. The average molecular weight is 375 g/mol. The van der Waals surface area contributed by atoms with E-state index in [1.54, 1.807) is 13.4 Å². The van der Waals surface area contributed by atoms with Gasteiger partial charge >= 0.3 is 0 Å². The van der Waals surface area contributed by atoms with Crippen LogP contribution < -0.4 is 21.5 Å². The highest BCUT2D eigenvalue weighted by Crippen LogP contribution is 2.37. The number of hydrogen-bond donors (Lipinski definition) is 3. The van der Waals surface area contributed by atoms with Crippen molar-refractivity contribution in [2.45, 2.75) is 6.54 Å². The van der Waals surface area contributed by atoms with Crippen molar-refractivity contribution < 1.29 is 13.6 Å². The maximum Gasteiger partial charge on any atom is 0.233 e. The van der Waals surface area contributed by atoms with Gasteiger partial charge in [-0.15, -0.1) is 0 Å². The van der Waals surface area contributed by atoms with Gasteiger partial charge in [0.05, 0.1) is 24.4 Å². The first-order chi connectivity index (χ1) is 13.6. The number of hydrogen-bond acceptors (Lipinski definition) is 8. The molecule has 5 N–H and O–H groups in total. The molecule has 0 bridgehead atoms. The Labute approximate surface area is 159 Å². The Hall–Kier alpha value is -3.94. The van der Waals surface area contributed by atoms with Gasteiger partial charge in [0.25, 0.3) is 0 Å². The number of nitrogen functional groups attached to an aromatic ring is 2. The molecule has 3 aromatic heterocycles. The second kappa shape index (κ2) is 6.05. The highest BCUT2D eigenvalue weighted by atomic mass is 16.5. The number of rotatable bonds is 4. The van der Waals surface area contributed by atoms with E-state index in [1.807, 2.05) is 36.4 Å². The van der Waals surface area contributed by atoms with Gasteiger partial charge in [-0.2, -0.15) is 9.97 Å². The van der Waals surface area contributed by atoms with Crippen LogP contribution in [0.4, 0.5) is 17.5 Å². The summed E-state index contributed by atoms with van der Waals surface area (Å²) in [6, 6.07) is 11.8. The summed E-state index contributed by atoms with van der Waals surface area (Å²) in [7, 11) is 1.64. The SMILES string of the molecule is COc1cc2c(cc1NCc1coc3nc(N)nc(N)c13)oc1ccccc12. The number of nitrogens with two attached hydrogens (primary N) is 2. The van der Waals surface area contributed by atoms with E-state index in [0.717, 1.165) is 33.2 Å². The van der Waals surface area contributed by atoms with Crippen LogP contribution in [0.1, 0.15) is 5.56 Å². The molecule has 3 heterocycles. The summed E-state index contributed by atoms with van der Waals surface area (Å²) >= 11 is 0. The van der Waals surface area contributed by atoms with Crippen molar-refractivity contribution in [1.29, 1.82) is 0 Å². The molecular weight excluding hydrogens is 358 g/mol. The van der Waals surface area contributed by atoms with E-state index in [2.05, 4.69) is 15.3 Å². The van der Waals surface area contributed by atoms with Crippen LogP contribution in [-0.2, 0) is 6.54 Å². The fourth-order valence-electron chi connectivity index (χ4n) is 3.43. The van der Waals surface area contributed by atoms with Crippen LogP contribution in [-0.4, -0.2) is 17.1 Å². The lowest BCUT2D eigenvalue weighted by molar-refractivity contribution is 0.417. The minimum absolute atomic E-state index is 0.0795. The Morgan fingerprint density at radius 3 is 2.79 bits per heavy atom. The Morgan fingerprint density at radius 2 is 1.93 bits per heavy atom. The van der Waals surface area contributed by atoms with E-state index in [9.17, 15) is 0 Å². The number of methoxy groups -OCH3 is 1. The molecule has 0 aliphatic rings. The predicted molar refractivity (Wildman–Crippen MR) is 108 cm³/mol. The third-order valence-corrected chi connectivity index (χ3v) is 4.72. The van der Waals surface area contributed by atoms with Crippen LogP contribution in [0.25, 0.3) is 33.0 Å². The first-order valence-electron chi connectivity index (χ1n) is 8.66. The third kappa shape index (κ3) is 2.46. The molecule has 28 heavy (non-hydrogen) atoms. The zero-order chi connectivity index (χ0) is 19.3. The van der Waals surface area contributed by atoms with Gasteiger partial charge in [-0.05, 0) is 12.1 Å². The number of ether oxygens (including phenoxy) is 1. The predicted octanol–water partition coefficient (Wildman–Crippen LogP) is 3.91. The maximum atomic E-state index is 5.99. The number of para-hydroxylation sites is 1. The summed E-state index contributed by atoms with van der Waals surface area (Å²) in [5.74, 6) is 1.07. The quantitative estimate of drug-likeness (QED) is 0.432. The van der Waals surface area contributed by atoms with Gasteiger partial charge in [0.15, 0.2) is 0 Å². The van der Waals surface area contributed by atoms with E-state index >= 15 is 0 Å². The van der Waals surface area contributed by atoms with Crippen molar-refractivity contribution in [3.05, 3.63) is 48.2 Å². The molecule has 5 rings (SSSR count). The van der Waals surface area contributed by atoms with E-state index < -0.39 is 0 Å². The summed E-state index contributed by atoms with van der Waals surface area (Å²) in [6.07, 6.45) is 1.59. The largest absolute Gasteiger partial charge is 0.495 e. The summed E-state index contributed by atoms with van der Waals surface area (Å²) < 4.78 is 17.0.